The zero-order valence-electron chi connectivity index (χ0n) is 33.3. The molecule has 0 nitrogen and oxygen atoms in total. The Kier molecular flexibility index (Phi) is 6.58. The first-order valence-electron chi connectivity index (χ1n) is 21.4. The summed E-state index contributed by atoms with van der Waals surface area (Å²) in [6, 6.07) is 82.4. The summed E-state index contributed by atoms with van der Waals surface area (Å²) in [6.07, 6.45) is 0. The summed E-state index contributed by atoms with van der Waals surface area (Å²) in [5, 5.41) is 15.4. The minimum atomic E-state index is -0.526. The van der Waals surface area contributed by atoms with Gasteiger partial charge in [0.05, 0.1) is 5.41 Å². The van der Waals surface area contributed by atoms with Crippen LogP contribution in [-0.4, -0.2) is 0 Å². The molecule has 0 saturated carbocycles. The monoisotopic (exact) mass is 768 g/mol. The SMILES string of the molecule is c1ccc2c(c1)-c1ccccc1C21c2c(cc(-c3c4ccccc4c(-c4cccc5ccccc45)c4ccccc34)c3ccccc23)-c2c1c1ccccc1c1ccccc21. The highest BCUT2D eigenvalue weighted by molar-refractivity contribution is 6.28. The van der Waals surface area contributed by atoms with Crippen LogP contribution >= 0.6 is 0 Å². The van der Waals surface area contributed by atoms with E-state index < -0.39 is 5.41 Å². The Morgan fingerprint density at radius 1 is 0.213 bits per heavy atom. The van der Waals surface area contributed by atoms with Crippen LogP contribution in [0.4, 0.5) is 0 Å². The maximum atomic E-state index is 2.60. The van der Waals surface area contributed by atoms with Crippen molar-refractivity contribution in [2.24, 2.45) is 0 Å². The van der Waals surface area contributed by atoms with Crippen molar-refractivity contribution >= 4 is 64.6 Å². The van der Waals surface area contributed by atoms with E-state index >= 15 is 0 Å². The van der Waals surface area contributed by atoms with Gasteiger partial charge >= 0.3 is 0 Å². The fourth-order valence-electron chi connectivity index (χ4n) is 12.0. The molecule has 0 amide bonds. The molecule has 0 saturated heterocycles. The molecule has 280 valence electrons. The van der Waals surface area contributed by atoms with Gasteiger partial charge in [-0.25, -0.2) is 0 Å². The van der Waals surface area contributed by atoms with Crippen LogP contribution in [0.2, 0.25) is 0 Å². The smallest absolute Gasteiger partial charge is 0.0619 e. The molecule has 2 aliphatic rings. The highest BCUT2D eigenvalue weighted by Gasteiger charge is 2.54. The molecule has 12 aromatic rings. The first-order valence-corrected chi connectivity index (χ1v) is 21.4. The molecule has 0 aliphatic heterocycles. The van der Waals surface area contributed by atoms with Crippen LogP contribution in [0.25, 0.3) is 109 Å². The van der Waals surface area contributed by atoms with E-state index in [0.717, 1.165) is 0 Å². The highest BCUT2D eigenvalue weighted by atomic mass is 14.5. The second kappa shape index (κ2) is 12.1. The van der Waals surface area contributed by atoms with E-state index in [-0.39, 0.29) is 0 Å². The molecular formula is C61H36. The van der Waals surface area contributed by atoms with Crippen LogP contribution in [0.5, 0.6) is 0 Å². The van der Waals surface area contributed by atoms with Gasteiger partial charge in [-0.1, -0.05) is 212 Å². The number of hydrogen-bond donors (Lipinski definition) is 0. The molecule has 1 spiro atoms. The van der Waals surface area contributed by atoms with Gasteiger partial charge in [-0.3, -0.25) is 0 Å². The molecule has 0 atom stereocenters. The lowest BCUT2D eigenvalue weighted by atomic mass is 9.68. The summed E-state index contributed by atoms with van der Waals surface area (Å²) in [4.78, 5) is 0. The Balaban J connectivity index is 1.21. The average Bonchev–Trinajstić information content (AvgIpc) is 3.81. The van der Waals surface area contributed by atoms with Crippen LogP contribution < -0.4 is 0 Å². The van der Waals surface area contributed by atoms with Crippen molar-refractivity contribution in [3.63, 3.8) is 0 Å². The van der Waals surface area contributed by atoms with Gasteiger partial charge in [-0.05, 0) is 137 Å². The van der Waals surface area contributed by atoms with Gasteiger partial charge in [0.1, 0.15) is 0 Å². The quantitative estimate of drug-likeness (QED) is 0.121. The van der Waals surface area contributed by atoms with E-state index in [1.54, 1.807) is 0 Å². The maximum absolute atomic E-state index is 2.60. The predicted octanol–water partition coefficient (Wildman–Crippen LogP) is 16.3. The normalized spacial score (nSPS) is 13.4. The zero-order valence-corrected chi connectivity index (χ0v) is 33.3. The highest BCUT2D eigenvalue weighted by Crippen LogP contribution is 2.67. The zero-order chi connectivity index (χ0) is 39.8. The Bertz CT molecular complexity index is 3770. The molecule has 0 bridgehead atoms. The van der Waals surface area contributed by atoms with E-state index in [1.807, 2.05) is 0 Å². The maximum Gasteiger partial charge on any atom is 0.0737 e. The van der Waals surface area contributed by atoms with Crippen LogP contribution in [0.15, 0.2) is 218 Å². The van der Waals surface area contributed by atoms with Crippen molar-refractivity contribution in [1.29, 1.82) is 0 Å². The van der Waals surface area contributed by atoms with Gasteiger partial charge < -0.3 is 0 Å². The van der Waals surface area contributed by atoms with Crippen molar-refractivity contribution in [2.45, 2.75) is 5.41 Å². The largest absolute Gasteiger partial charge is 0.0737 e. The summed E-state index contributed by atoms with van der Waals surface area (Å²) in [5.41, 5.74) is 15.4. The minimum absolute atomic E-state index is 0.526. The van der Waals surface area contributed by atoms with E-state index in [1.165, 1.54) is 131 Å². The van der Waals surface area contributed by atoms with E-state index in [4.69, 9.17) is 0 Å². The first-order chi connectivity index (χ1) is 30.3. The molecule has 0 heteroatoms. The predicted molar refractivity (Wildman–Crippen MR) is 259 cm³/mol. The molecule has 0 heterocycles. The van der Waals surface area contributed by atoms with E-state index in [0.29, 0.717) is 0 Å². The molecule has 61 heavy (non-hydrogen) atoms. The Hall–Kier alpha value is -7.80. The third-order valence-corrected chi connectivity index (χ3v) is 14.2. The molecule has 0 unspecified atom stereocenters. The van der Waals surface area contributed by atoms with Gasteiger partial charge in [0.25, 0.3) is 0 Å². The van der Waals surface area contributed by atoms with Crippen LogP contribution in [0.3, 0.4) is 0 Å². The summed E-state index contributed by atoms with van der Waals surface area (Å²) in [6.45, 7) is 0. The number of rotatable bonds is 2. The third-order valence-electron chi connectivity index (χ3n) is 14.2. The van der Waals surface area contributed by atoms with Crippen LogP contribution in [0.1, 0.15) is 22.3 Å². The molecule has 0 fully saturated rings. The topological polar surface area (TPSA) is 0 Å². The Morgan fingerprint density at radius 2 is 0.590 bits per heavy atom. The number of fused-ring (bicyclic) bond motifs is 20. The van der Waals surface area contributed by atoms with Gasteiger partial charge in [0.15, 0.2) is 0 Å². The summed E-state index contributed by atoms with van der Waals surface area (Å²) >= 11 is 0. The average molecular weight is 769 g/mol. The van der Waals surface area contributed by atoms with Gasteiger partial charge in [0, 0.05) is 0 Å². The fourth-order valence-corrected chi connectivity index (χ4v) is 12.0. The Morgan fingerprint density at radius 3 is 1.18 bits per heavy atom. The Labute approximate surface area is 353 Å². The van der Waals surface area contributed by atoms with Crippen molar-refractivity contribution < 1.29 is 0 Å². The lowest BCUT2D eigenvalue weighted by Gasteiger charge is -2.33. The van der Waals surface area contributed by atoms with Gasteiger partial charge in [-0.15, -0.1) is 0 Å². The number of hydrogen-bond acceptors (Lipinski definition) is 0. The standard InChI is InChI=1S/C61H36/c1-2-20-38-37(18-1)19-17-33-44(38)56-46-27-7-9-29-48(46)57(49-30-10-8-28-47(49)56)52-36-53-58-45-26-6-3-21-39(45)40-22-4-12-32-51(40)60(58)61(59(53)50-31-11-5-23-41(50)52)54-34-15-13-24-42(54)43-25-14-16-35-55(43)61/h1-36H. The minimum Gasteiger partial charge on any atom is -0.0619 e. The molecule has 0 aromatic heterocycles. The summed E-state index contributed by atoms with van der Waals surface area (Å²) in [7, 11) is 0. The second-order valence-corrected chi connectivity index (χ2v) is 16.9. The molecule has 2 aliphatic carbocycles. The molecular weight excluding hydrogens is 733 g/mol. The van der Waals surface area contributed by atoms with Crippen LogP contribution in [0, 0.1) is 0 Å². The first kappa shape index (κ1) is 33.1. The second-order valence-electron chi connectivity index (χ2n) is 16.9. The van der Waals surface area contributed by atoms with Crippen molar-refractivity contribution in [1.82, 2.24) is 0 Å². The summed E-state index contributed by atoms with van der Waals surface area (Å²) in [5.74, 6) is 0. The lowest BCUT2D eigenvalue weighted by Crippen LogP contribution is -2.26. The number of benzene rings is 12. The van der Waals surface area contributed by atoms with Crippen molar-refractivity contribution in [3.8, 4) is 44.5 Å². The van der Waals surface area contributed by atoms with Gasteiger partial charge in [-0.2, -0.15) is 0 Å². The van der Waals surface area contributed by atoms with Crippen LogP contribution in [-0.2, 0) is 5.41 Å². The van der Waals surface area contributed by atoms with Crippen molar-refractivity contribution in [3.05, 3.63) is 241 Å². The van der Waals surface area contributed by atoms with E-state index in [2.05, 4.69) is 218 Å². The lowest BCUT2D eigenvalue weighted by molar-refractivity contribution is 0.809. The fraction of sp³-hybridized carbons (Fsp3) is 0.0164. The molecule has 0 N–H and O–H groups in total. The van der Waals surface area contributed by atoms with Gasteiger partial charge in [0.2, 0.25) is 0 Å². The molecule has 14 rings (SSSR count). The molecule has 12 aromatic carbocycles. The van der Waals surface area contributed by atoms with Crippen molar-refractivity contribution in [2.75, 3.05) is 0 Å². The third kappa shape index (κ3) is 4.14. The van der Waals surface area contributed by atoms with E-state index in [9.17, 15) is 0 Å². The summed E-state index contributed by atoms with van der Waals surface area (Å²) < 4.78 is 0. The molecule has 0 radical (unpaired) electrons.